The number of piperidine rings is 1. The number of nitrogens with zero attached hydrogens (tertiary/aromatic N) is 2. The minimum absolute atomic E-state index is 0.0699. The van der Waals surface area contributed by atoms with Gasteiger partial charge >= 0.3 is 0 Å². The molecule has 4 heteroatoms. The van der Waals surface area contributed by atoms with Gasteiger partial charge in [-0.25, -0.2) is 0 Å². The predicted molar refractivity (Wildman–Crippen MR) is 114 cm³/mol. The monoisotopic (exact) mass is 371 g/mol. The van der Waals surface area contributed by atoms with Gasteiger partial charge in [-0.15, -0.1) is 0 Å². The van der Waals surface area contributed by atoms with Crippen LogP contribution in [0.25, 0.3) is 21.8 Å². The molecule has 1 aliphatic rings. The third-order valence-corrected chi connectivity index (χ3v) is 6.18. The molecule has 0 amide bonds. The molecule has 0 radical (unpaired) electrons. The van der Waals surface area contributed by atoms with Crippen LogP contribution < -0.4 is 0 Å². The van der Waals surface area contributed by atoms with E-state index in [1.165, 1.54) is 40.3 Å². The van der Waals surface area contributed by atoms with E-state index < -0.39 is 0 Å². The van der Waals surface area contributed by atoms with Crippen LogP contribution in [0.5, 0.6) is 0 Å². The molecule has 2 aromatic heterocycles. The van der Waals surface area contributed by atoms with Gasteiger partial charge in [0.15, 0.2) is 0 Å². The topological polar surface area (TPSA) is 41.0 Å². The molecule has 3 heterocycles. The molecule has 4 nitrogen and oxygen atoms in total. The third-order valence-electron chi connectivity index (χ3n) is 6.18. The fraction of sp³-hybridized carbons (Fsp3) is 0.292. The minimum Gasteiger partial charge on any atom is -0.361 e. The highest BCUT2D eigenvalue weighted by atomic mass is 16.1. The second-order valence-corrected chi connectivity index (χ2v) is 7.90. The molecule has 1 fully saturated rings. The Kier molecular flexibility index (Phi) is 4.29. The molecule has 4 aromatic rings. The van der Waals surface area contributed by atoms with Gasteiger partial charge in [0.1, 0.15) is 0 Å². The average molecular weight is 371 g/mol. The average Bonchev–Trinajstić information content (AvgIpc) is 3.31. The number of benzene rings is 2. The number of carbonyl (C=O) groups is 1. The van der Waals surface area contributed by atoms with Crippen molar-refractivity contribution >= 4 is 27.7 Å². The molecule has 2 aromatic carbocycles. The Labute approximate surface area is 164 Å². The van der Waals surface area contributed by atoms with Gasteiger partial charge in [0.25, 0.3) is 0 Å². The molecule has 1 aliphatic heterocycles. The first-order valence-electron chi connectivity index (χ1n) is 10.1. The van der Waals surface area contributed by atoms with Gasteiger partial charge in [-0.05, 0) is 55.1 Å². The molecule has 142 valence electrons. The molecule has 0 saturated carbocycles. The van der Waals surface area contributed by atoms with E-state index >= 15 is 0 Å². The Balaban J connectivity index is 1.33. The van der Waals surface area contributed by atoms with Crippen molar-refractivity contribution in [2.75, 3.05) is 13.1 Å². The summed E-state index contributed by atoms with van der Waals surface area (Å²) >= 11 is 0. The van der Waals surface area contributed by atoms with E-state index in [4.69, 9.17) is 0 Å². The number of fused-ring (bicyclic) bond motifs is 2. The Morgan fingerprint density at radius 1 is 1.04 bits per heavy atom. The zero-order valence-electron chi connectivity index (χ0n) is 16.2. The Morgan fingerprint density at radius 2 is 1.75 bits per heavy atom. The number of para-hydroxylation sites is 2. The van der Waals surface area contributed by atoms with E-state index in [-0.39, 0.29) is 5.91 Å². The lowest BCUT2D eigenvalue weighted by atomic mass is 9.89. The van der Waals surface area contributed by atoms with Crippen molar-refractivity contribution in [3.8, 4) is 0 Å². The van der Waals surface area contributed by atoms with Gasteiger partial charge in [-0.2, -0.15) is 0 Å². The number of aromatic nitrogens is 2. The van der Waals surface area contributed by atoms with Crippen LogP contribution in [0.15, 0.2) is 60.9 Å². The summed E-state index contributed by atoms with van der Waals surface area (Å²) in [6.45, 7) is 4.71. The Morgan fingerprint density at radius 3 is 2.54 bits per heavy atom. The predicted octanol–water partition coefficient (Wildman–Crippen LogP) is 5.16. The molecule has 1 N–H and O–H groups in total. The summed E-state index contributed by atoms with van der Waals surface area (Å²) in [5, 5.41) is 2.56. The molecule has 0 spiro atoms. The van der Waals surface area contributed by atoms with Crippen LogP contribution >= 0.6 is 0 Å². The third kappa shape index (κ3) is 2.94. The quantitative estimate of drug-likeness (QED) is 0.540. The van der Waals surface area contributed by atoms with Crippen molar-refractivity contribution in [1.29, 1.82) is 0 Å². The lowest BCUT2D eigenvalue weighted by Gasteiger charge is -2.31. The molecule has 5 rings (SSSR count). The largest absolute Gasteiger partial charge is 0.361 e. The van der Waals surface area contributed by atoms with E-state index in [0.717, 1.165) is 25.2 Å². The first kappa shape index (κ1) is 17.3. The van der Waals surface area contributed by atoms with Crippen LogP contribution in [0.2, 0.25) is 0 Å². The number of hydrogen-bond donors (Lipinski definition) is 1. The number of likely N-dealkylation sites (tertiary alicyclic amines) is 1. The first-order valence-corrected chi connectivity index (χ1v) is 10.1. The van der Waals surface area contributed by atoms with Crippen LogP contribution in [0.4, 0.5) is 0 Å². The molecular formula is C24H25N3O. The van der Waals surface area contributed by atoms with Gasteiger partial charge in [0.05, 0.1) is 5.52 Å². The molecule has 0 aliphatic carbocycles. The fourth-order valence-corrected chi connectivity index (χ4v) is 4.71. The van der Waals surface area contributed by atoms with Crippen molar-refractivity contribution in [3.63, 3.8) is 0 Å². The SMILES string of the molecule is CC(=O)n1cc(CN2CCC(c3c[nH]c4ccccc34)CC2)c2ccccc21. The van der Waals surface area contributed by atoms with Gasteiger partial charge in [-0.3, -0.25) is 14.3 Å². The summed E-state index contributed by atoms with van der Waals surface area (Å²) in [5.41, 5.74) is 4.95. The smallest absolute Gasteiger partial charge is 0.227 e. The van der Waals surface area contributed by atoms with Gasteiger partial charge in [0.2, 0.25) is 5.91 Å². The lowest BCUT2D eigenvalue weighted by molar-refractivity contribution is 0.0941. The summed E-state index contributed by atoms with van der Waals surface area (Å²) in [6, 6.07) is 16.8. The van der Waals surface area contributed by atoms with Gasteiger partial charge in [-0.1, -0.05) is 36.4 Å². The fourth-order valence-electron chi connectivity index (χ4n) is 4.71. The van der Waals surface area contributed by atoms with Crippen LogP contribution in [0, 0.1) is 0 Å². The second kappa shape index (κ2) is 6.95. The molecular weight excluding hydrogens is 346 g/mol. The zero-order chi connectivity index (χ0) is 19.1. The van der Waals surface area contributed by atoms with Crippen molar-refractivity contribution < 1.29 is 4.79 Å². The zero-order valence-corrected chi connectivity index (χ0v) is 16.2. The standard InChI is InChI=1S/C24H25N3O/c1-17(28)27-16-19(20-6-3-5-9-24(20)27)15-26-12-10-18(11-13-26)22-14-25-23-8-4-2-7-21(22)23/h2-9,14,16,18,25H,10-13,15H2,1H3. The summed E-state index contributed by atoms with van der Waals surface area (Å²) in [6.07, 6.45) is 6.57. The number of H-pyrrole nitrogens is 1. The maximum atomic E-state index is 12.0. The normalized spacial score (nSPS) is 16.2. The molecule has 1 saturated heterocycles. The summed E-state index contributed by atoms with van der Waals surface area (Å²) in [5.74, 6) is 0.687. The molecule has 28 heavy (non-hydrogen) atoms. The summed E-state index contributed by atoms with van der Waals surface area (Å²) in [4.78, 5) is 17.9. The minimum atomic E-state index is 0.0699. The Hall–Kier alpha value is -2.85. The number of hydrogen-bond acceptors (Lipinski definition) is 2. The van der Waals surface area contributed by atoms with Crippen LogP contribution in [0.1, 0.15) is 41.6 Å². The number of carbonyl (C=O) groups excluding carboxylic acids is 1. The second-order valence-electron chi connectivity index (χ2n) is 7.90. The highest BCUT2D eigenvalue weighted by molar-refractivity contribution is 5.93. The van der Waals surface area contributed by atoms with Gasteiger partial charge < -0.3 is 4.98 Å². The van der Waals surface area contributed by atoms with E-state index in [1.54, 1.807) is 11.5 Å². The van der Waals surface area contributed by atoms with E-state index in [2.05, 4.69) is 52.5 Å². The van der Waals surface area contributed by atoms with Crippen molar-refractivity contribution in [2.45, 2.75) is 32.2 Å². The van der Waals surface area contributed by atoms with Crippen molar-refractivity contribution in [3.05, 3.63) is 72.1 Å². The summed E-state index contributed by atoms with van der Waals surface area (Å²) < 4.78 is 1.78. The maximum absolute atomic E-state index is 12.0. The summed E-state index contributed by atoms with van der Waals surface area (Å²) in [7, 11) is 0. The number of aromatic amines is 1. The highest BCUT2D eigenvalue weighted by Gasteiger charge is 2.23. The highest BCUT2D eigenvalue weighted by Crippen LogP contribution is 2.34. The number of nitrogens with one attached hydrogen (secondary N) is 1. The van der Waals surface area contributed by atoms with Crippen LogP contribution in [-0.2, 0) is 6.54 Å². The van der Waals surface area contributed by atoms with Crippen LogP contribution in [-0.4, -0.2) is 33.4 Å². The van der Waals surface area contributed by atoms with Crippen molar-refractivity contribution in [2.24, 2.45) is 0 Å². The van der Waals surface area contributed by atoms with Gasteiger partial charge in [0, 0.05) is 42.2 Å². The number of rotatable bonds is 3. The van der Waals surface area contributed by atoms with Crippen molar-refractivity contribution in [1.82, 2.24) is 14.5 Å². The van der Waals surface area contributed by atoms with E-state index in [9.17, 15) is 4.79 Å². The molecule has 0 atom stereocenters. The molecule has 0 unspecified atom stereocenters. The maximum Gasteiger partial charge on any atom is 0.227 e. The molecule has 0 bridgehead atoms. The lowest BCUT2D eigenvalue weighted by Crippen LogP contribution is -2.32. The van der Waals surface area contributed by atoms with E-state index in [0.29, 0.717) is 5.92 Å². The Bertz CT molecular complexity index is 1150. The first-order chi connectivity index (χ1) is 13.7. The van der Waals surface area contributed by atoms with E-state index in [1.807, 2.05) is 18.3 Å². The van der Waals surface area contributed by atoms with Crippen LogP contribution in [0.3, 0.4) is 0 Å².